The maximum Gasteiger partial charge on any atom is 0.237 e. The quantitative estimate of drug-likeness (QED) is 0.898. The van der Waals surface area contributed by atoms with Crippen molar-refractivity contribution in [3.8, 4) is 5.88 Å². The summed E-state index contributed by atoms with van der Waals surface area (Å²) in [4.78, 5) is 15.7. The molecule has 0 aromatic carbocycles. The maximum atomic E-state index is 9.91. The second kappa shape index (κ2) is 4.92. The van der Waals surface area contributed by atoms with E-state index in [1.54, 1.807) is 12.4 Å². The van der Waals surface area contributed by atoms with Crippen LogP contribution in [-0.2, 0) is 6.42 Å². The molecule has 0 saturated heterocycles. The third-order valence-corrected chi connectivity index (χ3v) is 3.09. The highest BCUT2D eigenvalue weighted by Crippen LogP contribution is 2.31. The first kappa shape index (κ1) is 12.6. The van der Waals surface area contributed by atoms with Gasteiger partial charge in [-0.25, -0.2) is 9.98 Å². The van der Waals surface area contributed by atoms with Crippen LogP contribution in [0.4, 0.5) is 5.82 Å². The summed E-state index contributed by atoms with van der Waals surface area (Å²) in [6.45, 7) is 4.23. The Bertz CT molecular complexity index is 698. The third-order valence-electron chi connectivity index (χ3n) is 3.09. The zero-order valence-electron chi connectivity index (χ0n) is 11.5. The Hall–Kier alpha value is -2.43. The number of H-pyrrole nitrogens is 1. The topological polar surface area (TPSA) is 74.2 Å². The number of aromatic amines is 1. The molecule has 20 heavy (non-hydrogen) atoms. The van der Waals surface area contributed by atoms with Crippen LogP contribution in [0.2, 0.25) is 0 Å². The van der Waals surface area contributed by atoms with E-state index in [2.05, 4.69) is 33.8 Å². The number of hydrogen-bond donors (Lipinski definition) is 2. The van der Waals surface area contributed by atoms with E-state index >= 15 is 0 Å². The third kappa shape index (κ3) is 2.34. The predicted molar refractivity (Wildman–Crippen MR) is 79.1 cm³/mol. The Balaban J connectivity index is 1.94. The van der Waals surface area contributed by atoms with E-state index in [0.717, 1.165) is 23.4 Å². The molecule has 2 N–H and O–H groups in total. The lowest BCUT2D eigenvalue weighted by atomic mass is 10.1. The van der Waals surface area contributed by atoms with Gasteiger partial charge in [0.25, 0.3) is 0 Å². The molecule has 0 saturated carbocycles. The molecule has 1 aliphatic rings. The number of rotatable bonds is 3. The molecule has 3 heterocycles. The SMILES string of the molecule is CC(C)Cc1nc(O)c(/C=C2/C=Nc3ncccc32)[nH]1. The van der Waals surface area contributed by atoms with Crippen LogP contribution < -0.4 is 0 Å². The highest BCUT2D eigenvalue weighted by atomic mass is 16.3. The largest absolute Gasteiger partial charge is 0.492 e. The van der Waals surface area contributed by atoms with Gasteiger partial charge in [-0.05, 0) is 24.1 Å². The minimum atomic E-state index is 0.0268. The van der Waals surface area contributed by atoms with Crippen LogP contribution in [0.5, 0.6) is 5.88 Å². The molecule has 0 bridgehead atoms. The van der Waals surface area contributed by atoms with Crippen LogP contribution in [0.3, 0.4) is 0 Å². The molecule has 1 aliphatic heterocycles. The van der Waals surface area contributed by atoms with Gasteiger partial charge in [0.1, 0.15) is 11.5 Å². The molecule has 5 heteroatoms. The molecule has 0 atom stereocenters. The molecule has 5 nitrogen and oxygen atoms in total. The van der Waals surface area contributed by atoms with E-state index in [9.17, 15) is 5.11 Å². The fourth-order valence-electron chi connectivity index (χ4n) is 2.21. The zero-order valence-corrected chi connectivity index (χ0v) is 11.5. The number of nitrogens with zero attached hydrogens (tertiary/aromatic N) is 3. The molecule has 3 rings (SSSR count). The monoisotopic (exact) mass is 268 g/mol. The van der Waals surface area contributed by atoms with Crippen LogP contribution in [0.15, 0.2) is 23.3 Å². The fourth-order valence-corrected chi connectivity index (χ4v) is 2.21. The van der Waals surface area contributed by atoms with Gasteiger partial charge < -0.3 is 10.1 Å². The van der Waals surface area contributed by atoms with Crippen molar-refractivity contribution in [1.82, 2.24) is 15.0 Å². The van der Waals surface area contributed by atoms with E-state index in [4.69, 9.17) is 0 Å². The normalized spacial score (nSPS) is 15.2. The highest BCUT2D eigenvalue weighted by molar-refractivity contribution is 6.20. The number of hydrogen-bond acceptors (Lipinski definition) is 4. The van der Waals surface area contributed by atoms with Gasteiger partial charge in [-0.2, -0.15) is 4.98 Å². The Morgan fingerprint density at radius 2 is 2.25 bits per heavy atom. The van der Waals surface area contributed by atoms with Crippen LogP contribution in [0, 0.1) is 5.92 Å². The Labute approximate surface area is 117 Å². The molecule has 0 spiro atoms. The van der Waals surface area contributed by atoms with E-state index in [1.165, 1.54) is 0 Å². The number of fused-ring (bicyclic) bond motifs is 1. The molecule has 2 aromatic rings. The van der Waals surface area contributed by atoms with Crippen molar-refractivity contribution >= 4 is 23.7 Å². The number of aliphatic imine (C=N–C) groups is 1. The van der Waals surface area contributed by atoms with E-state index < -0.39 is 0 Å². The Kier molecular flexibility index (Phi) is 3.10. The zero-order chi connectivity index (χ0) is 14.1. The number of aromatic hydroxyl groups is 1. The summed E-state index contributed by atoms with van der Waals surface area (Å²) in [5.41, 5.74) is 2.49. The molecule has 0 radical (unpaired) electrons. The summed E-state index contributed by atoms with van der Waals surface area (Å²) in [5.74, 6) is 2.02. The lowest BCUT2D eigenvalue weighted by Gasteiger charge is -1.99. The molecular weight excluding hydrogens is 252 g/mol. The van der Waals surface area contributed by atoms with Crippen molar-refractivity contribution in [2.75, 3.05) is 0 Å². The number of allylic oxidation sites excluding steroid dienone is 1. The van der Waals surface area contributed by atoms with Gasteiger partial charge in [0.05, 0.1) is 0 Å². The van der Waals surface area contributed by atoms with Crippen LogP contribution in [0.1, 0.15) is 30.9 Å². The van der Waals surface area contributed by atoms with Gasteiger partial charge in [0.2, 0.25) is 5.88 Å². The van der Waals surface area contributed by atoms with Crippen molar-refractivity contribution in [3.63, 3.8) is 0 Å². The summed E-state index contributed by atoms with van der Waals surface area (Å²) < 4.78 is 0. The van der Waals surface area contributed by atoms with E-state index in [-0.39, 0.29) is 5.88 Å². The van der Waals surface area contributed by atoms with Gasteiger partial charge in [-0.3, -0.25) is 0 Å². The van der Waals surface area contributed by atoms with Crippen LogP contribution >= 0.6 is 0 Å². The molecular formula is C15H16N4O. The highest BCUT2D eigenvalue weighted by Gasteiger charge is 2.15. The lowest BCUT2D eigenvalue weighted by Crippen LogP contribution is -1.95. The molecule has 2 aromatic heterocycles. The van der Waals surface area contributed by atoms with E-state index in [1.807, 2.05) is 18.2 Å². The van der Waals surface area contributed by atoms with Gasteiger partial charge in [0, 0.05) is 30.0 Å². The second-order valence-corrected chi connectivity index (χ2v) is 5.25. The fraction of sp³-hybridized carbons (Fsp3) is 0.267. The van der Waals surface area contributed by atoms with Crippen molar-refractivity contribution in [2.24, 2.45) is 10.9 Å². The first-order chi connectivity index (χ1) is 9.63. The Morgan fingerprint density at radius 3 is 3.05 bits per heavy atom. The molecule has 0 fully saturated rings. The lowest BCUT2D eigenvalue weighted by molar-refractivity contribution is 0.453. The Morgan fingerprint density at radius 1 is 1.40 bits per heavy atom. The van der Waals surface area contributed by atoms with Crippen molar-refractivity contribution in [1.29, 1.82) is 0 Å². The molecule has 0 amide bonds. The minimum Gasteiger partial charge on any atom is -0.492 e. The number of aromatic nitrogens is 3. The van der Waals surface area contributed by atoms with Gasteiger partial charge in [0.15, 0.2) is 5.82 Å². The summed E-state index contributed by atoms with van der Waals surface area (Å²) >= 11 is 0. The molecule has 102 valence electrons. The smallest absolute Gasteiger partial charge is 0.237 e. The van der Waals surface area contributed by atoms with Crippen molar-refractivity contribution < 1.29 is 5.11 Å². The molecule has 0 aliphatic carbocycles. The number of pyridine rings is 1. The average molecular weight is 268 g/mol. The predicted octanol–water partition coefficient (Wildman–Crippen LogP) is 2.97. The van der Waals surface area contributed by atoms with Crippen molar-refractivity contribution in [3.05, 3.63) is 35.4 Å². The van der Waals surface area contributed by atoms with Crippen molar-refractivity contribution in [2.45, 2.75) is 20.3 Å². The van der Waals surface area contributed by atoms with E-state index in [0.29, 0.717) is 17.4 Å². The summed E-state index contributed by atoms with van der Waals surface area (Å²) in [6.07, 6.45) is 6.12. The van der Waals surface area contributed by atoms with Crippen LogP contribution in [-0.4, -0.2) is 26.3 Å². The average Bonchev–Trinajstić information content (AvgIpc) is 2.95. The minimum absolute atomic E-state index is 0.0268. The second-order valence-electron chi connectivity index (χ2n) is 5.25. The standard InChI is InChI=1S/C15H16N4O/c1-9(2)6-13-18-12(15(20)19-13)7-10-8-17-14-11(10)4-3-5-16-14/h3-5,7-9,20H,6H2,1-2H3,(H,18,19)/b10-7-. The van der Waals surface area contributed by atoms with Crippen LogP contribution in [0.25, 0.3) is 11.6 Å². The number of nitrogens with one attached hydrogen (secondary N) is 1. The number of imidazole rings is 1. The first-order valence-electron chi connectivity index (χ1n) is 6.62. The van der Waals surface area contributed by atoms with Gasteiger partial charge >= 0.3 is 0 Å². The first-order valence-corrected chi connectivity index (χ1v) is 6.62. The summed E-state index contributed by atoms with van der Waals surface area (Å²) in [7, 11) is 0. The van der Waals surface area contributed by atoms with Gasteiger partial charge in [-0.1, -0.05) is 13.8 Å². The van der Waals surface area contributed by atoms with Gasteiger partial charge in [-0.15, -0.1) is 0 Å². The summed E-state index contributed by atoms with van der Waals surface area (Å²) in [6, 6.07) is 3.84. The summed E-state index contributed by atoms with van der Waals surface area (Å²) in [5, 5.41) is 9.91. The molecule has 0 unspecified atom stereocenters. The maximum absolute atomic E-state index is 9.91.